The maximum Gasteiger partial charge on any atom is 0.191 e. The molecule has 0 heterocycles. The number of hydrogen-bond donors (Lipinski definition) is 2. The summed E-state index contributed by atoms with van der Waals surface area (Å²) < 4.78 is 22.7. The highest BCUT2D eigenvalue weighted by Gasteiger charge is 2.20. The highest BCUT2D eigenvalue weighted by molar-refractivity contribution is 7.90. The number of guanidine groups is 1. The molecule has 0 fully saturated rings. The molecule has 1 atom stereocenters. The molecule has 0 saturated carbocycles. The van der Waals surface area contributed by atoms with Gasteiger partial charge in [0, 0.05) is 25.4 Å². The molecule has 0 aromatic carbocycles. The van der Waals surface area contributed by atoms with E-state index in [2.05, 4.69) is 43.3 Å². The lowest BCUT2D eigenvalue weighted by atomic mass is 9.90. The van der Waals surface area contributed by atoms with Crippen LogP contribution >= 0.6 is 0 Å². The van der Waals surface area contributed by atoms with E-state index >= 15 is 0 Å². The molecule has 0 aromatic rings. The molecule has 5 nitrogen and oxygen atoms in total. The highest BCUT2D eigenvalue weighted by atomic mass is 32.2. The van der Waals surface area contributed by atoms with Crippen molar-refractivity contribution in [2.24, 2.45) is 10.4 Å². The predicted octanol–water partition coefficient (Wildman–Crippen LogP) is 2.97. The zero-order valence-electron chi connectivity index (χ0n) is 15.9. The Morgan fingerprint density at radius 3 is 2.39 bits per heavy atom. The van der Waals surface area contributed by atoms with Gasteiger partial charge in [-0.15, -0.1) is 0 Å². The van der Waals surface area contributed by atoms with Crippen LogP contribution in [0.4, 0.5) is 0 Å². The monoisotopic (exact) mass is 347 g/mol. The Kier molecular flexibility index (Phi) is 10.5. The topological polar surface area (TPSA) is 70.6 Å². The lowest BCUT2D eigenvalue weighted by Crippen LogP contribution is -2.42. The third-order valence-electron chi connectivity index (χ3n) is 3.78. The van der Waals surface area contributed by atoms with Gasteiger partial charge >= 0.3 is 0 Å². The van der Waals surface area contributed by atoms with Gasteiger partial charge in [0.1, 0.15) is 9.84 Å². The van der Waals surface area contributed by atoms with Gasteiger partial charge in [0.05, 0.1) is 5.75 Å². The van der Waals surface area contributed by atoms with Crippen LogP contribution in [-0.2, 0) is 9.84 Å². The first-order valence-corrected chi connectivity index (χ1v) is 10.9. The van der Waals surface area contributed by atoms with Crippen molar-refractivity contribution in [1.82, 2.24) is 10.6 Å². The summed E-state index contributed by atoms with van der Waals surface area (Å²) in [6.45, 7) is 12.0. The van der Waals surface area contributed by atoms with Crippen LogP contribution in [-0.4, -0.2) is 45.5 Å². The maximum atomic E-state index is 11.3. The molecule has 0 aliphatic rings. The van der Waals surface area contributed by atoms with E-state index in [0.717, 1.165) is 18.9 Å². The maximum absolute atomic E-state index is 11.3. The van der Waals surface area contributed by atoms with E-state index in [9.17, 15) is 8.42 Å². The lowest BCUT2D eigenvalue weighted by Gasteiger charge is -2.24. The number of nitrogens with one attached hydrogen (secondary N) is 2. The van der Waals surface area contributed by atoms with Crippen LogP contribution in [0.25, 0.3) is 0 Å². The SMILES string of the molecule is CCCCCC(C)NC(=NCC(C)(C)CCS(C)(=O)=O)NCC. The molecule has 0 amide bonds. The molecule has 0 radical (unpaired) electrons. The van der Waals surface area contributed by atoms with Gasteiger partial charge in [-0.2, -0.15) is 0 Å². The van der Waals surface area contributed by atoms with Crippen molar-refractivity contribution >= 4 is 15.8 Å². The third-order valence-corrected chi connectivity index (χ3v) is 4.73. The minimum Gasteiger partial charge on any atom is -0.357 e. The zero-order chi connectivity index (χ0) is 17.9. The van der Waals surface area contributed by atoms with Crippen molar-refractivity contribution in [3.05, 3.63) is 0 Å². The van der Waals surface area contributed by atoms with Gasteiger partial charge in [-0.05, 0) is 32.1 Å². The Labute approximate surface area is 143 Å². The summed E-state index contributed by atoms with van der Waals surface area (Å²) in [5.74, 6) is 1.04. The van der Waals surface area contributed by atoms with Gasteiger partial charge < -0.3 is 10.6 Å². The molecule has 0 aliphatic heterocycles. The summed E-state index contributed by atoms with van der Waals surface area (Å²) in [7, 11) is -2.92. The van der Waals surface area contributed by atoms with Crippen LogP contribution in [0.2, 0.25) is 0 Å². The predicted molar refractivity (Wildman–Crippen MR) is 101 cm³/mol. The molecule has 1 unspecified atom stereocenters. The van der Waals surface area contributed by atoms with E-state index in [1.165, 1.54) is 25.5 Å². The number of aliphatic imine (C=N–C) groups is 1. The fourth-order valence-electron chi connectivity index (χ4n) is 2.16. The first kappa shape index (κ1) is 22.2. The number of nitrogens with zero attached hydrogens (tertiary/aromatic N) is 1. The Bertz CT molecular complexity index is 445. The molecule has 0 saturated heterocycles. The minimum absolute atomic E-state index is 0.128. The van der Waals surface area contributed by atoms with E-state index in [-0.39, 0.29) is 11.2 Å². The molecule has 0 bridgehead atoms. The first-order valence-electron chi connectivity index (χ1n) is 8.82. The van der Waals surface area contributed by atoms with Crippen molar-refractivity contribution in [3.8, 4) is 0 Å². The van der Waals surface area contributed by atoms with Crippen LogP contribution < -0.4 is 10.6 Å². The number of hydrogen-bond acceptors (Lipinski definition) is 3. The second kappa shape index (κ2) is 10.9. The average Bonchev–Trinajstić information content (AvgIpc) is 2.43. The quantitative estimate of drug-likeness (QED) is 0.342. The molecular weight excluding hydrogens is 310 g/mol. The second-order valence-corrected chi connectivity index (χ2v) is 9.54. The molecule has 0 spiro atoms. The van der Waals surface area contributed by atoms with Crippen molar-refractivity contribution in [3.63, 3.8) is 0 Å². The Balaban J connectivity index is 4.53. The van der Waals surface area contributed by atoms with E-state index in [4.69, 9.17) is 0 Å². The largest absolute Gasteiger partial charge is 0.357 e. The van der Waals surface area contributed by atoms with Crippen LogP contribution in [0.1, 0.15) is 66.7 Å². The summed E-state index contributed by atoms with van der Waals surface area (Å²) in [4.78, 5) is 4.65. The van der Waals surface area contributed by atoms with Crippen LogP contribution in [0.3, 0.4) is 0 Å². The molecule has 0 aromatic heterocycles. The van der Waals surface area contributed by atoms with E-state index in [0.29, 0.717) is 19.0 Å². The van der Waals surface area contributed by atoms with Crippen LogP contribution in [0.15, 0.2) is 4.99 Å². The zero-order valence-corrected chi connectivity index (χ0v) is 16.7. The normalized spacial score (nSPS) is 14.6. The fraction of sp³-hybridized carbons (Fsp3) is 0.941. The smallest absolute Gasteiger partial charge is 0.191 e. The first-order chi connectivity index (χ1) is 10.6. The molecule has 2 N–H and O–H groups in total. The van der Waals surface area contributed by atoms with Crippen LogP contribution in [0.5, 0.6) is 0 Å². The molecular formula is C17H37N3O2S. The van der Waals surface area contributed by atoms with Crippen molar-refractivity contribution in [2.75, 3.05) is 25.1 Å². The Morgan fingerprint density at radius 2 is 1.87 bits per heavy atom. The number of unbranched alkanes of at least 4 members (excludes halogenated alkanes) is 2. The lowest BCUT2D eigenvalue weighted by molar-refractivity contribution is 0.365. The van der Waals surface area contributed by atoms with Crippen molar-refractivity contribution in [1.29, 1.82) is 0 Å². The van der Waals surface area contributed by atoms with Gasteiger partial charge in [0.2, 0.25) is 0 Å². The van der Waals surface area contributed by atoms with Gasteiger partial charge in [-0.25, -0.2) is 8.42 Å². The highest BCUT2D eigenvalue weighted by Crippen LogP contribution is 2.21. The molecule has 6 heteroatoms. The summed E-state index contributed by atoms with van der Waals surface area (Å²) in [6, 6.07) is 0.387. The van der Waals surface area contributed by atoms with Crippen molar-refractivity contribution in [2.45, 2.75) is 72.8 Å². The van der Waals surface area contributed by atoms with E-state index in [1.54, 1.807) is 0 Å². The Hall–Kier alpha value is -0.780. The van der Waals surface area contributed by atoms with Gasteiger partial charge in [0.25, 0.3) is 0 Å². The van der Waals surface area contributed by atoms with Gasteiger partial charge in [0.15, 0.2) is 5.96 Å². The van der Waals surface area contributed by atoms with Crippen LogP contribution in [0, 0.1) is 5.41 Å². The van der Waals surface area contributed by atoms with Crippen molar-refractivity contribution < 1.29 is 8.42 Å². The van der Waals surface area contributed by atoms with Gasteiger partial charge in [-0.1, -0.05) is 40.0 Å². The van der Waals surface area contributed by atoms with Gasteiger partial charge in [-0.3, -0.25) is 4.99 Å². The Morgan fingerprint density at radius 1 is 1.22 bits per heavy atom. The minimum atomic E-state index is -2.92. The summed E-state index contributed by atoms with van der Waals surface area (Å²) in [5.41, 5.74) is -0.128. The number of sulfone groups is 1. The summed E-state index contributed by atoms with van der Waals surface area (Å²) in [5, 5.41) is 6.71. The van der Waals surface area contributed by atoms with E-state index < -0.39 is 9.84 Å². The molecule has 0 rings (SSSR count). The molecule has 0 aliphatic carbocycles. The standard InChI is InChI=1S/C17H37N3O2S/c1-7-9-10-11-15(3)20-16(18-8-2)19-14-17(4,5)12-13-23(6,21)22/h15H,7-14H2,1-6H3,(H2,18,19,20). The van der Waals surface area contributed by atoms with E-state index in [1.807, 2.05) is 6.92 Å². The summed E-state index contributed by atoms with van der Waals surface area (Å²) in [6.07, 6.45) is 6.77. The average molecular weight is 348 g/mol. The second-order valence-electron chi connectivity index (χ2n) is 7.28. The molecule has 23 heavy (non-hydrogen) atoms. The summed E-state index contributed by atoms with van der Waals surface area (Å²) >= 11 is 0. The third kappa shape index (κ3) is 13.4. The number of rotatable bonds is 11. The fourth-order valence-corrected chi connectivity index (χ4v) is 3.08. The molecule has 138 valence electrons.